The maximum atomic E-state index is 13.2. The van der Waals surface area contributed by atoms with Gasteiger partial charge in [-0.05, 0) is 73.0 Å². The molecular formula is C27H25N3O4. The van der Waals surface area contributed by atoms with Gasteiger partial charge in [-0.1, -0.05) is 12.1 Å². The molecule has 2 heterocycles. The van der Waals surface area contributed by atoms with E-state index in [0.717, 1.165) is 17.5 Å². The van der Waals surface area contributed by atoms with E-state index in [2.05, 4.69) is 4.98 Å². The van der Waals surface area contributed by atoms with E-state index in [1.54, 1.807) is 56.0 Å². The Balaban J connectivity index is 1.41. The van der Waals surface area contributed by atoms with Crippen molar-refractivity contribution in [3.05, 3.63) is 93.5 Å². The van der Waals surface area contributed by atoms with Crippen LogP contribution in [0.15, 0.2) is 65.5 Å². The van der Waals surface area contributed by atoms with Crippen molar-refractivity contribution in [2.75, 3.05) is 20.8 Å². The molecule has 0 saturated heterocycles. The van der Waals surface area contributed by atoms with Gasteiger partial charge in [-0.2, -0.15) is 0 Å². The summed E-state index contributed by atoms with van der Waals surface area (Å²) in [5, 5.41) is 0.562. The van der Waals surface area contributed by atoms with Gasteiger partial charge in [0.25, 0.3) is 11.5 Å². The van der Waals surface area contributed by atoms with Gasteiger partial charge in [0.15, 0.2) is 11.5 Å². The number of ether oxygens (including phenoxy) is 2. The number of nitrogens with zero attached hydrogens (tertiary/aromatic N) is 3. The molecule has 0 unspecified atom stereocenters. The number of aryl methyl sites for hydroxylation is 1. The molecule has 0 fully saturated rings. The summed E-state index contributed by atoms with van der Waals surface area (Å²) in [6.45, 7) is 2.93. The Morgan fingerprint density at radius 3 is 2.32 bits per heavy atom. The molecule has 3 aromatic carbocycles. The molecule has 0 atom stereocenters. The number of hydrogen-bond donors (Lipinski definition) is 0. The van der Waals surface area contributed by atoms with Crippen LogP contribution in [0.3, 0.4) is 0 Å². The molecule has 1 aliphatic heterocycles. The summed E-state index contributed by atoms with van der Waals surface area (Å²) in [4.78, 5) is 32.7. The summed E-state index contributed by atoms with van der Waals surface area (Å²) in [7, 11) is 3.23. The number of methoxy groups -OCH3 is 2. The molecule has 7 nitrogen and oxygen atoms in total. The quantitative estimate of drug-likeness (QED) is 0.467. The van der Waals surface area contributed by atoms with Crippen molar-refractivity contribution in [3.8, 4) is 17.2 Å². The fourth-order valence-corrected chi connectivity index (χ4v) is 4.54. The summed E-state index contributed by atoms with van der Waals surface area (Å²) in [6.07, 6.45) is 0.747. The Morgan fingerprint density at radius 1 is 0.941 bits per heavy atom. The standard InChI is InChI=1S/C27H25N3O4/c1-17-28-23-7-5-4-6-22(23)27(32)30(17)21-10-8-18(9-11-21)26(31)29-13-12-19-14-24(33-2)25(34-3)15-20(19)16-29/h4-11,14-15H,12-13,16H2,1-3H3. The average Bonchev–Trinajstić information content (AvgIpc) is 2.87. The van der Waals surface area contributed by atoms with Crippen LogP contribution in [0.25, 0.3) is 16.6 Å². The van der Waals surface area contributed by atoms with Crippen LogP contribution in [0.4, 0.5) is 0 Å². The van der Waals surface area contributed by atoms with E-state index in [0.29, 0.717) is 52.6 Å². The highest BCUT2D eigenvalue weighted by atomic mass is 16.5. The fourth-order valence-electron chi connectivity index (χ4n) is 4.54. The lowest BCUT2D eigenvalue weighted by atomic mass is 9.98. The van der Waals surface area contributed by atoms with Crippen LogP contribution in [-0.4, -0.2) is 41.1 Å². The Morgan fingerprint density at radius 2 is 1.62 bits per heavy atom. The second kappa shape index (κ2) is 8.67. The minimum Gasteiger partial charge on any atom is -0.493 e. The first-order valence-electron chi connectivity index (χ1n) is 11.1. The van der Waals surface area contributed by atoms with Gasteiger partial charge in [0, 0.05) is 18.7 Å². The number of carbonyl (C=O) groups excluding carboxylic acids is 1. The smallest absolute Gasteiger partial charge is 0.265 e. The highest BCUT2D eigenvalue weighted by Crippen LogP contribution is 2.33. The largest absolute Gasteiger partial charge is 0.493 e. The Kier molecular flexibility index (Phi) is 5.53. The molecule has 4 aromatic rings. The number of hydrogen-bond acceptors (Lipinski definition) is 5. The first-order chi connectivity index (χ1) is 16.5. The predicted octanol–water partition coefficient (Wildman–Crippen LogP) is 3.91. The number of fused-ring (bicyclic) bond motifs is 2. The van der Waals surface area contributed by atoms with Gasteiger partial charge in [-0.25, -0.2) is 4.98 Å². The molecule has 1 amide bonds. The predicted molar refractivity (Wildman–Crippen MR) is 130 cm³/mol. The van der Waals surface area contributed by atoms with Crippen LogP contribution in [0.1, 0.15) is 27.3 Å². The van der Waals surface area contributed by atoms with Gasteiger partial charge >= 0.3 is 0 Å². The maximum Gasteiger partial charge on any atom is 0.265 e. The molecule has 7 heteroatoms. The zero-order chi connectivity index (χ0) is 23.8. The molecule has 0 spiro atoms. The van der Waals surface area contributed by atoms with Crippen LogP contribution in [-0.2, 0) is 13.0 Å². The number of aromatic nitrogens is 2. The van der Waals surface area contributed by atoms with E-state index in [4.69, 9.17) is 9.47 Å². The molecule has 0 N–H and O–H groups in total. The third-order valence-corrected chi connectivity index (χ3v) is 6.32. The van der Waals surface area contributed by atoms with E-state index in [-0.39, 0.29) is 11.5 Å². The Bertz CT molecular complexity index is 1460. The average molecular weight is 456 g/mol. The minimum absolute atomic E-state index is 0.0484. The van der Waals surface area contributed by atoms with E-state index >= 15 is 0 Å². The van der Waals surface area contributed by atoms with E-state index in [1.807, 2.05) is 35.2 Å². The molecule has 1 aliphatic rings. The summed E-state index contributed by atoms with van der Waals surface area (Å²) in [6, 6.07) is 18.4. The Labute approximate surface area is 197 Å². The van der Waals surface area contributed by atoms with E-state index < -0.39 is 0 Å². The topological polar surface area (TPSA) is 73.7 Å². The van der Waals surface area contributed by atoms with Crippen LogP contribution < -0.4 is 15.0 Å². The number of para-hydroxylation sites is 1. The third kappa shape index (κ3) is 3.69. The van der Waals surface area contributed by atoms with Gasteiger partial charge in [0.05, 0.1) is 30.8 Å². The molecule has 0 radical (unpaired) electrons. The summed E-state index contributed by atoms with van der Waals surface area (Å²) in [5.41, 5.74) is 4.02. The van der Waals surface area contributed by atoms with Crippen molar-refractivity contribution >= 4 is 16.8 Å². The molecule has 172 valence electrons. The molecule has 5 rings (SSSR count). The SMILES string of the molecule is COc1cc2c(cc1OC)CN(C(=O)c1ccc(-n3c(C)nc4ccccc4c3=O)cc1)CC2. The summed E-state index contributed by atoms with van der Waals surface area (Å²) in [5.74, 6) is 1.91. The fraction of sp³-hybridized carbons (Fsp3) is 0.222. The zero-order valence-corrected chi connectivity index (χ0v) is 19.4. The summed E-state index contributed by atoms with van der Waals surface area (Å²) >= 11 is 0. The van der Waals surface area contributed by atoms with Crippen molar-refractivity contribution in [1.82, 2.24) is 14.5 Å². The molecule has 1 aromatic heterocycles. The van der Waals surface area contributed by atoms with E-state index in [1.165, 1.54) is 0 Å². The molecule has 34 heavy (non-hydrogen) atoms. The van der Waals surface area contributed by atoms with Gasteiger partial charge in [0.2, 0.25) is 0 Å². The van der Waals surface area contributed by atoms with Crippen LogP contribution >= 0.6 is 0 Å². The van der Waals surface area contributed by atoms with Crippen molar-refractivity contribution in [3.63, 3.8) is 0 Å². The lowest BCUT2D eigenvalue weighted by Crippen LogP contribution is -2.36. The van der Waals surface area contributed by atoms with Crippen LogP contribution in [0.5, 0.6) is 11.5 Å². The number of carbonyl (C=O) groups is 1. The first-order valence-corrected chi connectivity index (χ1v) is 11.1. The number of amides is 1. The lowest BCUT2D eigenvalue weighted by molar-refractivity contribution is 0.0734. The maximum absolute atomic E-state index is 13.2. The van der Waals surface area contributed by atoms with Gasteiger partial charge in [0.1, 0.15) is 5.82 Å². The summed E-state index contributed by atoms with van der Waals surface area (Å²) < 4.78 is 12.4. The third-order valence-electron chi connectivity index (χ3n) is 6.32. The van der Waals surface area contributed by atoms with Crippen LogP contribution in [0, 0.1) is 6.92 Å². The normalized spacial score (nSPS) is 13.0. The zero-order valence-electron chi connectivity index (χ0n) is 19.4. The highest BCUT2D eigenvalue weighted by molar-refractivity contribution is 5.94. The second-order valence-corrected chi connectivity index (χ2v) is 8.32. The molecule has 0 bridgehead atoms. The minimum atomic E-state index is -0.126. The second-order valence-electron chi connectivity index (χ2n) is 8.32. The first kappa shape index (κ1) is 21.7. The van der Waals surface area contributed by atoms with Gasteiger partial charge < -0.3 is 14.4 Å². The Hall–Kier alpha value is -4.13. The van der Waals surface area contributed by atoms with Crippen molar-refractivity contribution in [1.29, 1.82) is 0 Å². The molecule has 0 saturated carbocycles. The van der Waals surface area contributed by atoms with E-state index in [9.17, 15) is 9.59 Å². The molecule has 0 aliphatic carbocycles. The number of rotatable bonds is 4. The van der Waals surface area contributed by atoms with Crippen molar-refractivity contribution in [2.24, 2.45) is 0 Å². The van der Waals surface area contributed by atoms with Crippen molar-refractivity contribution < 1.29 is 14.3 Å². The van der Waals surface area contributed by atoms with Crippen molar-refractivity contribution in [2.45, 2.75) is 19.9 Å². The van der Waals surface area contributed by atoms with Crippen LogP contribution in [0.2, 0.25) is 0 Å². The monoisotopic (exact) mass is 455 g/mol. The molecular weight excluding hydrogens is 430 g/mol. The van der Waals surface area contributed by atoms with Gasteiger partial charge in [-0.15, -0.1) is 0 Å². The van der Waals surface area contributed by atoms with Gasteiger partial charge in [-0.3, -0.25) is 14.2 Å². The lowest BCUT2D eigenvalue weighted by Gasteiger charge is -2.29. The number of benzene rings is 3. The highest BCUT2D eigenvalue weighted by Gasteiger charge is 2.24.